The lowest BCUT2D eigenvalue weighted by atomic mass is 10.0. The normalized spacial score (nSPS) is 13.4. The number of nitrogens with one attached hydrogen (secondary N) is 1. The number of fused-ring (bicyclic) bond motifs is 3. The lowest BCUT2D eigenvalue weighted by Crippen LogP contribution is -2.45. The molecule has 1 aromatic heterocycles. The van der Waals surface area contributed by atoms with E-state index in [1.54, 1.807) is 20.3 Å². The van der Waals surface area contributed by atoms with Gasteiger partial charge in [-0.1, -0.05) is 42.5 Å². The molecule has 0 spiro atoms. The van der Waals surface area contributed by atoms with Crippen molar-refractivity contribution in [1.82, 2.24) is 5.32 Å². The lowest BCUT2D eigenvalue weighted by molar-refractivity contribution is -0.143. The molecule has 0 unspecified atom stereocenters. The van der Waals surface area contributed by atoms with Gasteiger partial charge in [0.25, 0.3) is 0 Å². The van der Waals surface area contributed by atoms with Crippen LogP contribution < -0.4 is 14.8 Å². The van der Waals surface area contributed by atoms with E-state index >= 15 is 0 Å². The monoisotopic (exact) mass is 555 g/mol. The van der Waals surface area contributed by atoms with E-state index in [0.29, 0.717) is 24.3 Å². The lowest BCUT2D eigenvalue weighted by Gasteiger charge is -2.29. The molecule has 4 aromatic rings. The number of ether oxygens (including phenoxy) is 3. The van der Waals surface area contributed by atoms with Gasteiger partial charge in [0.15, 0.2) is 11.5 Å². The van der Waals surface area contributed by atoms with Crippen LogP contribution in [-0.2, 0) is 36.0 Å². The second-order valence-electron chi connectivity index (χ2n) is 8.99. The molecule has 0 bridgehead atoms. The van der Waals surface area contributed by atoms with Crippen molar-refractivity contribution in [3.05, 3.63) is 71.8 Å². The summed E-state index contributed by atoms with van der Waals surface area (Å²) in [6, 6.07) is 18.4. The maximum Gasteiger partial charge on any atom is 0.346 e. The number of methoxy groups -OCH3 is 3. The van der Waals surface area contributed by atoms with Crippen molar-refractivity contribution >= 4 is 35.5 Å². The Balaban J connectivity index is 1.61. The smallest absolute Gasteiger partial charge is 0.346 e. The van der Waals surface area contributed by atoms with Crippen LogP contribution in [0.1, 0.15) is 17.5 Å². The molecule has 4 rings (SSSR count). The molecule has 10 heteroatoms. The zero-order valence-electron chi connectivity index (χ0n) is 22.8. The fourth-order valence-corrected chi connectivity index (χ4v) is 6.29. The quantitative estimate of drug-likeness (QED) is 0.164. The molecule has 0 saturated heterocycles. The number of hydrogen-bond donors (Lipinski definition) is 1. The highest BCUT2D eigenvalue weighted by Gasteiger charge is 2.37. The van der Waals surface area contributed by atoms with E-state index in [1.165, 1.54) is 21.3 Å². The third kappa shape index (κ3) is 6.12. The molecule has 0 saturated carbocycles. The molecule has 0 aliphatic heterocycles. The first-order valence-corrected chi connectivity index (χ1v) is 14.1. The summed E-state index contributed by atoms with van der Waals surface area (Å²) >= 11 is 0. The Morgan fingerprint density at radius 2 is 1.64 bits per heavy atom. The molecular formula is C29H34NO8P. The molecular weight excluding hydrogens is 521 g/mol. The standard InChI is InChI=1S/C29H34NO8P/c1-33-25-12-8-9-20(28(25)34-2)14-16-27(39(32,36-4)37-5)30-23(29(31)35-3)17-19-13-15-22-21-10-6-7-11-24(21)38-26(22)18-19/h6-13,15,18,23,27,30H,14,16-17H2,1-5H3/t23-,27+/m0/s1. The molecule has 9 nitrogen and oxygen atoms in total. The first-order valence-electron chi connectivity index (χ1n) is 12.5. The first-order chi connectivity index (χ1) is 18.9. The second kappa shape index (κ2) is 12.7. The van der Waals surface area contributed by atoms with Crippen molar-refractivity contribution in [1.29, 1.82) is 0 Å². The second-order valence-corrected chi connectivity index (χ2v) is 11.4. The van der Waals surface area contributed by atoms with Gasteiger partial charge < -0.3 is 27.7 Å². The van der Waals surface area contributed by atoms with Gasteiger partial charge in [0.2, 0.25) is 0 Å². The predicted molar refractivity (Wildman–Crippen MR) is 150 cm³/mol. The van der Waals surface area contributed by atoms with Crippen molar-refractivity contribution in [3.63, 3.8) is 0 Å². The Bertz CT molecular complexity index is 1470. The number of carbonyl (C=O) groups is 1. The van der Waals surface area contributed by atoms with E-state index < -0.39 is 25.4 Å². The highest BCUT2D eigenvalue weighted by Crippen LogP contribution is 2.52. The van der Waals surface area contributed by atoms with Crippen LogP contribution in [0, 0.1) is 0 Å². The van der Waals surface area contributed by atoms with Crippen molar-refractivity contribution in [2.24, 2.45) is 0 Å². The molecule has 3 aromatic carbocycles. The zero-order chi connectivity index (χ0) is 28.0. The van der Waals surface area contributed by atoms with Gasteiger partial charge in [-0.25, -0.2) is 0 Å². The van der Waals surface area contributed by atoms with Gasteiger partial charge in [0.1, 0.15) is 23.0 Å². The minimum absolute atomic E-state index is 0.270. The summed E-state index contributed by atoms with van der Waals surface area (Å²) in [7, 11) is 3.46. The van der Waals surface area contributed by atoms with Crippen LogP contribution in [0.5, 0.6) is 11.5 Å². The number of hydrogen-bond acceptors (Lipinski definition) is 9. The summed E-state index contributed by atoms with van der Waals surface area (Å²) in [6.45, 7) is 0. The topological polar surface area (TPSA) is 105 Å². The highest BCUT2D eigenvalue weighted by atomic mass is 31.2. The number of benzene rings is 3. The molecule has 0 aliphatic rings. The number of carbonyl (C=O) groups excluding carboxylic acids is 1. The van der Waals surface area contributed by atoms with E-state index in [4.69, 9.17) is 27.7 Å². The van der Waals surface area contributed by atoms with Crippen LogP contribution in [0.2, 0.25) is 0 Å². The number of rotatable bonds is 13. The van der Waals surface area contributed by atoms with Crippen molar-refractivity contribution in [3.8, 4) is 11.5 Å². The Labute approximate surface area is 227 Å². The van der Waals surface area contributed by atoms with Crippen LogP contribution in [-0.4, -0.2) is 53.3 Å². The average Bonchev–Trinajstić information content (AvgIpc) is 3.35. The number of esters is 1. The molecule has 0 amide bonds. The third-order valence-electron chi connectivity index (χ3n) is 6.82. The molecule has 2 atom stereocenters. The number of aryl methyl sites for hydroxylation is 1. The van der Waals surface area contributed by atoms with Crippen LogP contribution in [0.4, 0.5) is 0 Å². The Morgan fingerprint density at radius 3 is 2.33 bits per heavy atom. The first kappa shape index (κ1) is 28.6. The molecule has 39 heavy (non-hydrogen) atoms. The van der Waals surface area contributed by atoms with Crippen LogP contribution in [0.25, 0.3) is 21.9 Å². The number of para-hydroxylation sites is 2. The summed E-state index contributed by atoms with van der Waals surface area (Å²) in [6.07, 6.45) is 1.04. The Hall–Kier alpha value is -3.36. The minimum atomic E-state index is -3.65. The Kier molecular flexibility index (Phi) is 9.30. The van der Waals surface area contributed by atoms with E-state index in [2.05, 4.69) is 5.32 Å². The average molecular weight is 556 g/mol. The highest BCUT2D eigenvalue weighted by molar-refractivity contribution is 7.54. The predicted octanol–water partition coefficient (Wildman–Crippen LogP) is 5.72. The molecule has 0 fully saturated rings. The summed E-state index contributed by atoms with van der Waals surface area (Å²) < 4.78 is 46.3. The van der Waals surface area contributed by atoms with Crippen LogP contribution in [0.15, 0.2) is 65.1 Å². The van der Waals surface area contributed by atoms with Crippen molar-refractivity contribution in [2.45, 2.75) is 31.1 Å². The van der Waals surface area contributed by atoms with Crippen molar-refractivity contribution < 1.29 is 37.0 Å². The van der Waals surface area contributed by atoms with Gasteiger partial charge in [-0.15, -0.1) is 0 Å². The van der Waals surface area contributed by atoms with Crippen LogP contribution in [0.3, 0.4) is 0 Å². The summed E-state index contributed by atoms with van der Waals surface area (Å²) in [5.74, 6) is -0.133. The van der Waals surface area contributed by atoms with E-state index in [0.717, 1.165) is 33.1 Å². The Morgan fingerprint density at radius 1 is 0.897 bits per heavy atom. The maximum atomic E-state index is 13.6. The van der Waals surface area contributed by atoms with E-state index in [9.17, 15) is 9.36 Å². The van der Waals surface area contributed by atoms with Gasteiger partial charge in [-0.05, 0) is 48.6 Å². The van der Waals surface area contributed by atoms with E-state index in [-0.39, 0.29) is 6.42 Å². The summed E-state index contributed by atoms with van der Waals surface area (Å²) in [5.41, 5.74) is 3.22. The van der Waals surface area contributed by atoms with Gasteiger partial charge >= 0.3 is 13.6 Å². The molecule has 1 N–H and O–H groups in total. The maximum absolute atomic E-state index is 13.6. The van der Waals surface area contributed by atoms with Gasteiger partial charge in [0.05, 0.1) is 21.3 Å². The minimum Gasteiger partial charge on any atom is -0.493 e. The molecule has 0 radical (unpaired) electrons. The zero-order valence-corrected chi connectivity index (χ0v) is 23.7. The third-order valence-corrected chi connectivity index (χ3v) is 9.01. The largest absolute Gasteiger partial charge is 0.493 e. The molecule has 208 valence electrons. The van der Waals surface area contributed by atoms with Gasteiger partial charge in [-0.2, -0.15) is 0 Å². The number of furan rings is 1. The van der Waals surface area contributed by atoms with Crippen LogP contribution >= 0.6 is 7.60 Å². The SMILES string of the molecule is COC(=O)[C@H](Cc1ccc2c(c1)oc1ccccc12)N[C@@H](CCc1cccc(OC)c1OC)P(=O)(OC)OC. The molecule has 0 aliphatic carbocycles. The summed E-state index contributed by atoms with van der Waals surface area (Å²) in [5, 5.41) is 5.23. The molecule has 1 heterocycles. The fraction of sp³-hybridized carbons (Fsp3) is 0.345. The fourth-order valence-electron chi connectivity index (χ4n) is 4.82. The van der Waals surface area contributed by atoms with Gasteiger partial charge in [-0.3, -0.25) is 14.7 Å². The van der Waals surface area contributed by atoms with E-state index in [1.807, 2.05) is 54.6 Å². The van der Waals surface area contributed by atoms with Crippen molar-refractivity contribution in [2.75, 3.05) is 35.5 Å². The van der Waals surface area contributed by atoms with Gasteiger partial charge in [0, 0.05) is 25.0 Å². The summed E-state index contributed by atoms with van der Waals surface area (Å²) in [4.78, 5) is 12.9.